The summed E-state index contributed by atoms with van der Waals surface area (Å²) in [5.41, 5.74) is 0.295. The predicted octanol–water partition coefficient (Wildman–Crippen LogP) is 2.06. The fourth-order valence-corrected chi connectivity index (χ4v) is 3.12. The number of aromatic nitrogens is 2. The van der Waals surface area contributed by atoms with E-state index >= 15 is 0 Å². The number of methoxy groups -OCH3 is 1. The van der Waals surface area contributed by atoms with Crippen molar-refractivity contribution < 1.29 is 9.53 Å². The average molecular weight is 279 g/mol. The van der Waals surface area contributed by atoms with E-state index in [-0.39, 0.29) is 5.91 Å². The number of nitrogens with one attached hydrogen (secondary N) is 2. The summed E-state index contributed by atoms with van der Waals surface area (Å²) in [5, 5.41) is 3.02. The van der Waals surface area contributed by atoms with Crippen LogP contribution in [0.4, 0.5) is 0 Å². The molecule has 1 saturated carbocycles. The molecule has 0 aromatic carbocycles. The van der Waals surface area contributed by atoms with E-state index in [1.807, 2.05) is 0 Å². The SMILES string of the molecule is COCC1(CCNC(=O)CCc2ncc[nH]2)CCCC1. The molecule has 0 spiro atoms. The summed E-state index contributed by atoms with van der Waals surface area (Å²) in [6, 6.07) is 0. The molecule has 0 radical (unpaired) electrons. The van der Waals surface area contributed by atoms with E-state index in [1.165, 1.54) is 25.7 Å². The van der Waals surface area contributed by atoms with Gasteiger partial charge in [0.2, 0.25) is 5.91 Å². The van der Waals surface area contributed by atoms with E-state index in [0.717, 1.165) is 25.4 Å². The van der Waals surface area contributed by atoms with Gasteiger partial charge in [0.05, 0.1) is 6.61 Å². The Hall–Kier alpha value is -1.36. The summed E-state index contributed by atoms with van der Waals surface area (Å²) in [4.78, 5) is 18.9. The van der Waals surface area contributed by atoms with Crippen LogP contribution in [-0.4, -0.2) is 36.1 Å². The molecule has 1 heterocycles. The van der Waals surface area contributed by atoms with Gasteiger partial charge in [0.15, 0.2) is 0 Å². The highest BCUT2D eigenvalue weighted by Gasteiger charge is 2.33. The lowest BCUT2D eigenvalue weighted by Gasteiger charge is -2.28. The number of H-pyrrole nitrogens is 1. The first kappa shape index (κ1) is 15.0. The van der Waals surface area contributed by atoms with Crippen LogP contribution >= 0.6 is 0 Å². The number of rotatable bonds is 8. The molecule has 20 heavy (non-hydrogen) atoms. The highest BCUT2D eigenvalue weighted by molar-refractivity contribution is 5.75. The monoisotopic (exact) mass is 279 g/mol. The van der Waals surface area contributed by atoms with Crippen molar-refractivity contribution in [3.05, 3.63) is 18.2 Å². The molecular weight excluding hydrogens is 254 g/mol. The Bertz CT molecular complexity index is 397. The number of aromatic amines is 1. The minimum absolute atomic E-state index is 0.104. The van der Waals surface area contributed by atoms with Crippen molar-refractivity contribution in [3.8, 4) is 0 Å². The number of amides is 1. The zero-order valence-corrected chi connectivity index (χ0v) is 12.3. The molecule has 1 aliphatic rings. The van der Waals surface area contributed by atoms with Gasteiger partial charge in [0.25, 0.3) is 0 Å². The average Bonchev–Trinajstić information content (AvgIpc) is 3.09. The lowest BCUT2D eigenvalue weighted by atomic mass is 9.83. The van der Waals surface area contributed by atoms with Crippen molar-refractivity contribution in [2.45, 2.75) is 44.9 Å². The molecule has 2 N–H and O–H groups in total. The second kappa shape index (κ2) is 7.43. The smallest absolute Gasteiger partial charge is 0.220 e. The number of nitrogens with zero attached hydrogens (tertiary/aromatic N) is 1. The zero-order valence-electron chi connectivity index (χ0n) is 12.3. The summed E-state index contributed by atoms with van der Waals surface area (Å²) in [5.74, 6) is 0.971. The van der Waals surface area contributed by atoms with Gasteiger partial charge in [-0.15, -0.1) is 0 Å². The molecule has 1 fully saturated rings. The fraction of sp³-hybridized carbons (Fsp3) is 0.733. The number of carbonyl (C=O) groups excluding carboxylic acids is 1. The third-order valence-corrected chi connectivity index (χ3v) is 4.24. The standard InChI is InChI=1S/C15H25N3O2/c1-20-12-15(6-2-3-7-15)8-9-18-14(19)5-4-13-16-10-11-17-13/h10-11H,2-9,12H2,1H3,(H,16,17)(H,18,19). The van der Waals surface area contributed by atoms with Crippen LogP contribution in [-0.2, 0) is 16.0 Å². The minimum Gasteiger partial charge on any atom is -0.384 e. The second-order valence-electron chi connectivity index (χ2n) is 5.78. The van der Waals surface area contributed by atoms with Crippen LogP contribution < -0.4 is 5.32 Å². The highest BCUT2D eigenvalue weighted by Crippen LogP contribution is 2.40. The Kier molecular flexibility index (Phi) is 5.59. The lowest BCUT2D eigenvalue weighted by Crippen LogP contribution is -2.31. The van der Waals surface area contributed by atoms with E-state index in [4.69, 9.17) is 4.74 Å². The number of imidazole rings is 1. The Morgan fingerprint density at radius 2 is 2.30 bits per heavy atom. The molecule has 0 aliphatic heterocycles. The van der Waals surface area contributed by atoms with Crippen LogP contribution in [0.1, 0.15) is 44.3 Å². The topological polar surface area (TPSA) is 67.0 Å². The van der Waals surface area contributed by atoms with Crippen molar-refractivity contribution in [2.24, 2.45) is 5.41 Å². The van der Waals surface area contributed by atoms with Crippen molar-refractivity contribution in [3.63, 3.8) is 0 Å². The molecule has 5 nitrogen and oxygen atoms in total. The molecule has 0 saturated heterocycles. The lowest BCUT2D eigenvalue weighted by molar-refractivity contribution is -0.121. The number of hydrogen-bond acceptors (Lipinski definition) is 3. The van der Waals surface area contributed by atoms with Gasteiger partial charge in [0.1, 0.15) is 5.82 Å². The van der Waals surface area contributed by atoms with Gasteiger partial charge in [-0.05, 0) is 24.7 Å². The van der Waals surface area contributed by atoms with E-state index in [2.05, 4.69) is 15.3 Å². The molecule has 0 atom stereocenters. The first-order valence-corrected chi connectivity index (χ1v) is 7.48. The van der Waals surface area contributed by atoms with Crippen molar-refractivity contribution in [1.29, 1.82) is 0 Å². The highest BCUT2D eigenvalue weighted by atomic mass is 16.5. The zero-order chi connectivity index (χ0) is 14.3. The van der Waals surface area contributed by atoms with Crippen LogP contribution in [0.5, 0.6) is 0 Å². The predicted molar refractivity (Wildman–Crippen MR) is 77.3 cm³/mol. The Morgan fingerprint density at radius 3 is 2.95 bits per heavy atom. The van der Waals surface area contributed by atoms with Gasteiger partial charge < -0.3 is 15.0 Å². The van der Waals surface area contributed by atoms with Crippen molar-refractivity contribution in [2.75, 3.05) is 20.3 Å². The summed E-state index contributed by atoms with van der Waals surface area (Å²) >= 11 is 0. The van der Waals surface area contributed by atoms with E-state index in [9.17, 15) is 4.79 Å². The molecule has 0 bridgehead atoms. The summed E-state index contributed by atoms with van der Waals surface area (Å²) in [7, 11) is 1.77. The van der Waals surface area contributed by atoms with E-state index in [1.54, 1.807) is 19.5 Å². The van der Waals surface area contributed by atoms with Gasteiger partial charge in [0, 0.05) is 38.9 Å². The maximum absolute atomic E-state index is 11.8. The number of aryl methyl sites for hydroxylation is 1. The van der Waals surface area contributed by atoms with Crippen LogP contribution in [0, 0.1) is 5.41 Å². The minimum atomic E-state index is 0.104. The largest absolute Gasteiger partial charge is 0.384 e. The quantitative estimate of drug-likeness (QED) is 0.765. The van der Waals surface area contributed by atoms with E-state index in [0.29, 0.717) is 18.3 Å². The number of ether oxygens (including phenoxy) is 1. The van der Waals surface area contributed by atoms with Crippen LogP contribution in [0.25, 0.3) is 0 Å². The number of hydrogen-bond donors (Lipinski definition) is 2. The first-order valence-electron chi connectivity index (χ1n) is 7.48. The molecule has 5 heteroatoms. The molecule has 1 aromatic heterocycles. The molecule has 0 unspecified atom stereocenters. The maximum Gasteiger partial charge on any atom is 0.220 e. The van der Waals surface area contributed by atoms with Crippen LogP contribution in [0.15, 0.2) is 12.4 Å². The molecular formula is C15H25N3O2. The third-order valence-electron chi connectivity index (χ3n) is 4.24. The van der Waals surface area contributed by atoms with Gasteiger partial charge in [-0.3, -0.25) is 4.79 Å². The molecule has 112 valence electrons. The molecule has 1 aliphatic carbocycles. The molecule has 1 aromatic rings. The third kappa shape index (κ3) is 4.34. The molecule has 1 amide bonds. The van der Waals surface area contributed by atoms with Crippen LogP contribution in [0.2, 0.25) is 0 Å². The number of carbonyl (C=O) groups is 1. The maximum atomic E-state index is 11.8. The van der Waals surface area contributed by atoms with Crippen molar-refractivity contribution >= 4 is 5.91 Å². The summed E-state index contributed by atoms with van der Waals surface area (Å²) in [6.07, 6.45) is 10.7. The summed E-state index contributed by atoms with van der Waals surface area (Å²) in [6.45, 7) is 1.57. The van der Waals surface area contributed by atoms with E-state index < -0.39 is 0 Å². The normalized spacial score (nSPS) is 17.2. The van der Waals surface area contributed by atoms with Crippen LogP contribution in [0.3, 0.4) is 0 Å². The second-order valence-corrected chi connectivity index (χ2v) is 5.78. The van der Waals surface area contributed by atoms with Crippen molar-refractivity contribution in [1.82, 2.24) is 15.3 Å². The Morgan fingerprint density at radius 1 is 1.50 bits per heavy atom. The van der Waals surface area contributed by atoms with Gasteiger partial charge in [-0.1, -0.05) is 12.8 Å². The first-order chi connectivity index (χ1) is 9.74. The van der Waals surface area contributed by atoms with Gasteiger partial charge >= 0.3 is 0 Å². The molecule has 2 rings (SSSR count). The van der Waals surface area contributed by atoms with Gasteiger partial charge in [-0.2, -0.15) is 0 Å². The fourth-order valence-electron chi connectivity index (χ4n) is 3.12. The summed E-state index contributed by atoms with van der Waals surface area (Å²) < 4.78 is 5.36. The van der Waals surface area contributed by atoms with Gasteiger partial charge in [-0.25, -0.2) is 4.98 Å². The Labute approximate surface area is 120 Å². The Balaban J connectivity index is 1.65.